The first-order chi connectivity index (χ1) is 8.81. The summed E-state index contributed by atoms with van der Waals surface area (Å²) >= 11 is 1.65. The van der Waals surface area contributed by atoms with Crippen molar-refractivity contribution in [3.63, 3.8) is 0 Å². The van der Waals surface area contributed by atoms with Gasteiger partial charge in [-0.3, -0.25) is 5.10 Å². The molecule has 0 saturated heterocycles. The highest BCUT2D eigenvalue weighted by molar-refractivity contribution is 7.13. The first-order valence-corrected chi connectivity index (χ1v) is 6.70. The predicted octanol–water partition coefficient (Wildman–Crippen LogP) is 3.43. The van der Waals surface area contributed by atoms with Crippen molar-refractivity contribution in [3.8, 4) is 10.7 Å². The van der Waals surface area contributed by atoms with Gasteiger partial charge < -0.3 is 0 Å². The third-order valence-electron chi connectivity index (χ3n) is 2.77. The fourth-order valence-corrected chi connectivity index (χ4v) is 2.45. The number of aryl methyl sites for hydroxylation is 1. The molecule has 90 valence electrons. The third-order valence-corrected chi connectivity index (χ3v) is 3.63. The predicted molar refractivity (Wildman–Crippen MR) is 73.7 cm³/mol. The van der Waals surface area contributed by atoms with E-state index in [1.807, 2.05) is 17.5 Å². The van der Waals surface area contributed by atoms with Crippen LogP contribution in [0.3, 0.4) is 0 Å². The van der Waals surface area contributed by atoms with Crippen LogP contribution in [-0.2, 0) is 6.42 Å². The van der Waals surface area contributed by atoms with Gasteiger partial charge in [-0.2, -0.15) is 5.10 Å². The van der Waals surface area contributed by atoms with Crippen molar-refractivity contribution in [1.82, 2.24) is 15.2 Å². The fraction of sp³-hybridized carbons (Fsp3) is 0.143. The maximum atomic E-state index is 4.51. The van der Waals surface area contributed by atoms with Crippen LogP contribution >= 0.6 is 11.3 Å². The molecule has 3 rings (SSSR count). The molecule has 0 unspecified atom stereocenters. The molecule has 0 spiro atoms. The number of H-pyrrole nitrogens is 1. The summed E-state index contributed by atoms with van der Waals surface area (Å²) in [5, 5.41) is 9.28. The Balaban J connectivity index is 1.80. The smallest absolute Gasteiger partial charge is 0.191 e. The zero-order chi connectivity index (χ0) is 12.4. The highest BCUT2D eigenvalue weighted by Crippen LogP contribution is 2.20. The number of thiophene rings is 1. The van der Waals surface area contributed by atoms with E-state index in [1.165, 1.54) is 11.1 Å². The van der Waals surface area contributed by atoms with Crippen molar-refractivity contribution in [1.29, 1.82) is 0 Å². The Morgan fingerprint density at radius 2 is 2.00 bits per heavy atom. The van der Waals surface area contributed by atoms with E-state index in [0.717, 1.165) is 22.9 Å². The van der Waals surface area contributed by atoms with Gasteiger partial charge in [0, 0.05) is 6.42 Å². The van der Waals surface area contributed by atoms with Crippen molar-refractivity contribution in [2.24, 2.45) is 0 Å². The monoisotopic (exact) mass is 255 g/mol. The van der Waals surface area contributed by atoms with Gasteiger partial charge in [0.05, 0.1) is 4.88 Å². The molecule has 2 aromatic heterocycles. The number of nitrogens with one attached hydrogen (secondary N) is 1. The Hall–Kier alpha value is -1.94. The number of hydrogen-bond donors (Lipinski definition) is 1. The quantitative estimate of drug-likeness (QED) is 0.779. The molecule has 0 aliphatic carbocycles. The summed E-state index contributed by atoms with van der Waals surface area (Å²) in [7, 11) is 0. The van der Waals surface area contributed by atoms with Crippen LogP contribution in [0.2, 0.25) is 0 Å². The minimum Gasteiger partial charge on any atom is -0.262 e. The zero-order valence-electron chi connectivity index (χ0n) is 10.1. The molecule has 1 N–H and O–H groups in total. The molecule has 0 radical (unpaired) electrons. The maximum Gasteiger partial charge on any atom is 0.191 e. The second kappa shape index (κ2) is 4.74. The molecular weight excluding hydrogens is 242 g/mol. The molecule has 0 saturated carbocycles. The van der Waals surface area contributed by atoms with Gasteiger partial charge in [-0.1, -0.05) is 35.9 Å². The summed E-state index contributed by atoms with van der Waals surface area (Å²) in [5.74, 6) is 1.69. The van der Waals surface area contributed by atoms with E-state index in [2.05, 4.69) is 46.4 Å². The summed E-state index contributed by atoms with van der Waals surface area (Å²) < 4.78 is 0. The Kier molecular flexibility index (Phi) is 2.94. The SMILES string of the molecule is Cc1ccc(Cc2nc(-c3cccs3)n[nH]2)cc1. The van der Waals surface area contributed by atoms with E-state index in [4.69, 9.17) is 0 Å². The third kappa shape index (κ3) is 2.33. The average Bonchev–Trinajstić information content (AvgIpc) is 3.02. The summed E-state index contributed by atoms with van der Waals surface area (Å²) in [5.41, 5.74) is 2.52. The van der Waals surface area contributed by atoms with E-state index in [0.29, 0.717) is 0 Å². The molecule has 3 aromatic rings. The van der Waals surface area contributed by atoms with Gasteiger partial charge in [-0.05, 0) is 23.9 Å². The number of nitrogens with zero attached hydrogens (tertiary/aromatic N) is 2. The highest BCUT2D eigenvalue weighted by atomic mass is 32.1. The van der Waals surface area contributed by atoms with E-state index < -0.39 is 0 Å². The summed E-state index contributed by atoms with van der Waals surface area (Å²) in [6.45, 7) is 2.09. The molecule has 0 bridgehead atoms. The zero-order valence-corrected chi connectivity index (χ0v) is 10.9. The van der Waals surface area contributed by atoms with Crippen LogP contribution in [0.15, 0.2) is 41.8 Å². The normalized spacial score (nSPS) is 10.7. The molecular formula is C14H13N3S. The van der Waals surface area contributed by atoms with Gasteiger partial charge in [0.2, 0.25) is 0 Å². The Morgan fingerprint density at radius 1 is 1.17 bits per heavy atom. The lowest BCUT2D eigenvalue weighted by atomic mass is 10.1. The van der Waals surface area contributed by atoms with Crippen molar-refractivity contribution in [2.45, 2.75) is 13.3 Å². The van der Waals surface area contributed by atoms with Crippen LogP contribution in [0, 0.1) is 6.92 Å². The van der Waals surface area contributed by atoms with E-state index in [-0.39, 0.29) is 0 Å². The number of rotatable bonds is 3. The number of aromatic nitrogens is 3. The summed E-state index contributed by atoms with van der Waals surface area (Å²) in [4.78, 5) is 5.61. The topological polar surface area (TPSA) is 41.6 Å². The van der Waals surface area contributed by atoms with Gasteiger partial charge in [0.25, 0.3) is 0 Å². The standard InChI is InChI=1S/C14H13N3S/c1-10-4-6-11(7-5-10)9-13-15-14(17-16-13)12-3-2-8-18-12/h2-8H,9H2,1H3,(H,15,16,17). The first kappa shape index (κ1) is 11.2. The minimum absolute atomic E-state index is 0.784. The van der Waals surface area contributed by atoms with Gasteiger partial charge >= 0.3 is 0 Å². The van der Waals surface area contributed by atoms with Crippen LogP contribution in [0.4, 0.5) is 0 Å². The van der Waals surface area contributed by atoms with E-state index >= 15 is 0 Å². The van der Waals surface area contributed by atoms with Gasteiger partial charge in [-0.25, -0.2) is 4.98 Å². The van der Waals surface area contributed by atoms with Crippen LogP contribution < -0.4 is 0 Å². The molecule has 0 aliphatic heterocycles. The van der Waals surface area contributed by atoms with Gasteiger partial charge in [-0.15, -0.1) is 11.3 Å². The maximum absolute atomic E-state index is 4.51. The molecule has 18 heavy (non-hydrogen) atoms. The van der Waals surface area contributed by atoms with Crippen molar-refractivity contribution >= 4 is 11.3 Å². The lowest BCUT2D eigenvalue weighted by Crippen LogP contribution is -1.90. The van der Waals surface area contributed by atoms with Crippen molar-refractivity contribution in [3.05, 3.63) is 58.7 Å². The van der Waals surface area contributed by atoms with Gasteiger partial charge in [0.1, 0.15) is 5.82 Å². The molecule has 0 amide bonds. The summed E-state index contributed by atoms with van der Waals surface area (Å²) in [6, 6.07) is 12.5. The van der Waals surface area contributed by atoms with E-state index in [1.54, 1.807) is 11.3 Å². The van der Waals surface area contributed by atoms with Crippen molar-refractivity contribution in [2.75, 3.05) is 0 Å². The number of benzene rings is 1. The fourth-order valence-electron chi connectivity index (χ4n) is 1.79. The van der Waals surface area contributed by atoms with E-state index in [9.17, 15) is 0 Å². The molecule has 2 heterocycles. The highest BCUT2D eigenvalue weighted by Gasteiger charge is 2.06. The Morgan fingerprint density at radius 3 is 2.72 bits per heavy atom. The second-order valence-electron chi connectivity index (χ2n) is 4.25. The largest absolute Gasteiger partial charge is 0.262 e. The molecule has 0 atom stereocenters. The molecule has 0 aliphatic rings. The van der Waals surface area contributed by atoms with Crippen LogP contribution in [0.5, 0.6) is 0 Å². The second-order valence-corrected chi connectivity index (χ2v) is 5.19. The van der Waals surface area contributed by atoms with Gasteiger partial charge in [0.15, 0.2) is 5.82 Å². The lowest BCUT2D eigenvalue weighted by Gasteiger charge is -1.98. The van der Waals surface area contributed by atoms with Crippen LogP contribution in [-0.4, -0.2) is 15.2 Å². The Labute approximate surface area is 110 Å². The number of aromatic amines is 1. The first-order valence-electron chi connectivity index (χ1n) is 5.82. The molecule has 3 nitrogen and oxygen atoms in total. The lowest BCUT2D eigenvalue weighted by molar-refractivity contribution is 0.972. The minimum atomic E-state index is 0.784. The molecule has 4 heteroatoms. The Bertz CT molecular complexity index is 623. The summed E-state index contributed by atoms with van der Waals surface area (Å²) in [6.07, 6.45) is 0.790. The van der Waals surface area contributed by atoms with Crippen molar-refractivity contribution < 1.29 is 0 Å². The molecule has 1 aromatic carbocycles. The van der Waals surface area contributed by atoms with Crippen LogP contribution in [0.1, 0.15) is 17.0 Å². The number of hydrogen-bond acceptors (Lipinski definition) is 3. The average molecular weight is 255 g/mol. The van der Waals surface area contributed by atoms with Crippen LogP contribution in [0.25, 0.3) is 10.7 Å². The molecule has 0 fully saturated rings.